The summed E-state index contributed by atoms with van der Waals surface area (Å²) in [4.78, 5) is 4.48. The van der Waals surface area contributed by atoms with E-state index in [-0.39, 0.29) is 12.4 Å². The van der Waals surface area contributed by atoms with Crippen LogP contribution in [0.4, 0.5) is 0 Å². The van der Waals surface area contributed by atoms with Crippen LogP contribution in [0.2, 0.25) is 0 Å². The number of rotatable bonds is 3. The second-order valence-electron chi connectivity index (χ2n) is 4.99. The fourth-order valence-electron chi connectivity index (χ4n) is 2.32. The average Bonchev–Trinajstić information content (AvgIpc) is 3.05. The SMILES string of the molecule is Cc1nn(C)c(C)c1-c1nc(-c2ccc(CN)cc2)no1.Cl. The summed E-state index contributed by atoms with van der Waals surface area (Å²) in [5.41, 5.74) is 10.3. The first kappa shape index (κ1) is 16.2. The molecular formula is C15H18ClN5O. The lowest BCUT2D eigenvalue weighted by Crippen LogP contribution is -1.95. The molecule has 0 spiro atoms. The van der Waals surface area contributed by atoms with Gasteiger partial charge in [0.15, 0.2) is 0 Å². The van der Waals surface area contributed by atoms with Crippen molar-refractivity contribution in [3.8, 4) is 22.8 Å². The fraction of sp³-hybridized carbons (Fsp3) is 0.267. The number of hydrogen-bond acceptors (Lipinski definition) is 5. The van der Waals surface area contributed by atoms with E-state index in [9.17, 15) is 0 Å². The standard InChI is InChI=1S/C15H17N5O.ClH/c1-9-13(10(2)20(3)18-9)15-17-14(19-21-15)12-6-4-11(8-16)5-7-12;/h4-7H,8,16H2,1-3H3;1H. The van der Waals surface area contributed by atoms with E-state index in [4.69, 9.17) is 10.3 Å². The third-order valence-corrected chi connectivity index (χ3v) is 3.60. The Morgan fingerprint density at radius 3 is 2.41 bits per heavy atom. The van der Waals surface area contributed by atoms with Crippen molar-refractivity contribution in [3.05, 3.63) is 41.2 Å². The molecule has 6 nitrogen and oxygen atoms in total. The Morgan fingerprint density at radius 2 is 1.86 bits per heavy atom. The van der Waals surface area contributed by atoms with Crippen LogP contribution in [-0.2, 0) is 13.6 Å². The van der Waals surface area contributed by atoms with Crippen molar-refractivity contribution >= 4 is 12.4 Å². The van der Waals surface area contributed by atoms with Gasteiger partial charge in [-0.3, -0.25) is 4.68 Å². The highest BCUT2D eigenvalue weighted by Gasteiger charge is 2.18. The van der Waals surface area contributed by atoms with Gasteiger partial charge in [-0.15, -0.1) is 12.4 Å². The van der Waals surface area contributed by atoms with E-state index in [0.717, 1.165) is 28.1 Å². The molecule has 7 heteroatoms. The Kier molecular flexibility index (Phi) is 4.63. The molecule has 1 aromatic carbocycles. The second kappa shape index (κ2) is 6.29. The molecule has 2 N–H and O–H groups in total. The van der Waals surface area contributed by atoms with E-state index in [1.165, 1.54) is 0 Å². The molecule has 0 bridgehead atoms. The minimum absolute atomic E-state index is 0. The molecule has 0 radical (unpaired) electrons. The molecule has 0 unspecified atom stereocenters. The van der Waals surface area contributed by atoms with E-state index < -0.39 is 0 Å². The maximum absolute atomic E-state index is 5.60. The Bertz CT molecular complexity index is 776. The number of aromatic nitrogens is 4. The van der Waals surface area contributed by atoms with Crippen LogP contribution in [0.15, 0.2) is 28.8 Å². The number of halogens is 1. The number of hydrogen-bond donors (Lipinski definition) is 1. The predicted octanol–water partition coefficient (Wildman–Crippen LogP) is 2.63. The largest absolute Gasteiger partial charge is 0.333 e. The van der Waals surface area contributed by atoms with Crippen LogP contribution in [-0.4, -0.2) is 19.9 Å². The van der Waals surface area contributed by atoms with Crippen LogP contribution in [0.5, 0.6) is 0 Å². The highest BCUT2D eigenvalue weighted by Crippen LogP contribution is 2.27. The van der Waals surface area contributed by atoms with Gasteiger partial charge in [-0.05, 0) is 19.4 Å². The molecule has 0 amide bonds. The van der Waals surface area contributed by atoms with Crippen molar-refractivity contribution in [2.45, 2.75) is 20.4 Å². The van der Waals surface area contributed by atoms with Gasteiger partial charge in [0, 0.05) is 24.8 Å². The maximum atomic E-state index is 5.60. The molecular weight excluding hydrogens is 302 g/mol. The van der Waals surface area contributed by atoms with Crippen LogP contribution in [0, 0.1) is 13.8 Å². The van der Waals surface area contributed by atoms with Crippen molar-refractivity contribution < 1.29 is 4.52 Å². The second-order valence-corrected chi connectivity index (χ2v) is 4.99. The first-order valence-corrected chi connectivity index (χ1v) is 6.74. The zero-order valence-electron chi connectivity index (χ0n) is 12.7. The van der Waals surface area contributed by atoms with Crippen molar-refractivity contribution in [1.29, 1.82) is 0 Å². The molecule has 3 rings (SSSR count). The van der Waals surface area contributed by atoms with Crippen molar-refractivity contribution in [1.82, 2.24) is 19.9 Å². The quantitative estimate of drug-likeness (QED) is 0.802. The highest BCUT2D eigenvalue weighted by atomic mass is 35.5. The molecule has 0 saturated heterocycles. The number of nitrogens with two attached hydrogens (primary N) is 1. The van der Waals surface area contributed by atoms with Gasteiger partial charge in [0.2, 0.25) is 5.82 Å². The van der Waals surface area contributed by atoms with Gasteiger partial charge in [-0.2, -0.15) is 10.1 Å². The third kappa shape index (κ3) is 2.75. The summed E-state index contributed by atoms with van der Waals surface area (Å²) >= 11 is 0. The zero-order valence-corrected chi connectivity index (χ0v) is 13.5. The number of benzene rings is 1. The lowest BCUT2D eigenvalue weighted by molar-refractivity contribution is 0.432. The summed E-state index contributed by atoms with van der Waals surface area (Å²) < 4.78 is 7.21. The molecule has 0 atom stereocenters. The first-order valence-electron chi connectivity index (χ1n) is 6.74. The molecule has 0 aliphatic rings. The molecule has 0 saturated carbocycles. The van der Waals surface area contributed by atoms with Gasteiger partial charge in [0.05, 0.1) is 11.3 Å². The van der Waals surface area contributed by atoms with E-state index in [0.29, 0.717) is 18.3 Å². The van der Waals surface area contributed by atoms with Gasteiger partial charge in [0.1, 0.15) is 0 Å². The van der Waals surface area contributed by atoms with Crippen molar-refractivity contribution in [2.24, 2.45) is 12.8 Å². The van der Waals surface area contributed by atoms with Crippen LogP contribution >= 0.6 is 12.4 Å². The lowest BCUT2D eigenvalue weighted by Gasteiger charge is -1.97. The average molecular weight is 320 g/mol. The van der Waals surface area contributed by atoms with Crippen LogP contribution < -0.4 is 5.73 Å². The van der Waals surface area contributed by atoms with E-state index in [1.54, 1.807) is 0 Å². The van der Waals surface area contributed by atoms with E-state index in [2.05, 4.69) is 15.2 Å². The van der Waals surface area contributed by atoms with Crippen molar-refractivity contribution in [3.63, 3.8) is 0 Å². The fourth-order valence-corrected chi connectivity index (χ4v) is 2.32. The molecule has 0 aliphatic carbocycles. The Hall–Kier alpha value is -2.18. The van der Waals surface area contributed by atoms with Gasteiger partial charge >= 0.3 is 0 Å². The Balaban J connectivity index is 0.00000176. The summed E-state index contributed by atoms with van der Waals surface area (Å²) in [6.45, 7) is 4.43. The minimum atomic E-state index is 0. The third-order valence-electron chi connectivity index (χ3n) is 3.60. The number of nitrogens with zero attached hydrogens (tertiary/aromatic N) is 4. The summed E-state index contributed by atoms with van der Waals surface area (Å²) in [6.07, 6.45) is 0. The normalized spacial score (nSPS) is 10.5. The van der Waals surface area contributed by atoms with Crippen LogP contribution in [0.3, 0.4) is 0 Å². The first-order chi connectivity index (χ1) is 10.1. The lowest BCUT2D eigenvalue weighted by atomic mass is 10.1. The van der Waals surface area contributed by atoms with Crippen LogP contribution in [0.25, 0.3) is 22.8 Å². The predicted molar refractivity (Wildman–Crippen MR) is 86.5 cm³/mol. The van der Waals surface area contributed by atoms with Gasteiger partial charge in [0.25, 0.3) is 5.89 Å². The molecule has 22 heavy (non-hydrogen) atoms. The summed E-state index contributed by atoms with van der Waals surface area (Å²) in [7, 11) is 1.90. The van der Waals surface area contributed by atoms with Crippen molar-refractivity contribution in [2.75, 3.05) is 0 Å². The molecule has 3 aromatic rings. The summed E-state index contributed by atoms with van der Waals surface area (Å²) in [5, 5.41) is 8.42. The topological polar surface area (TPSA) is 82.8 Å². The molecule has 116 valence electrons. The summed E-state index contributed by atoms with van der Waals surface area (Å²) in [5.74, 6) is 1.06. The maximum Gasteiger partial charge on any atom is 0.261 e. The van der Waals surface area contributed by atoms with Gasteiger partial charge in [-0.1, -0.05) is 29.4 Å². The molecule has 0 fully saturated rings. The van der Waals surface area contributed by atoms with Crippen LogP contribution in [0.1, 0.15) is 17.0 Å². The Labute approximate surface area is 134 Å². The summed E-state index contributed by atoms with van der Waals surface area (Å²) in [6, 6.07) is 7.82. The highest BCUT2D eigenvalue weighted by molar-refractivity contribution is 5.85. The van der Waals surface area contributed by atoms with E-state index >= 15 is 0 Å². The number of aryl methyl sites for hydroxylation is 2. The minimum Gasteiger partial charge on any atom is -0.333 e. The Morgan fingerprint density at radius 1 is 1.18 bits per heavy atom. The molecule has 0 aliphatic heterocycles. The molecule has 2 heterocycles. The smallest absolute Gasteiger partial charge is 0.261 e. The monoisotopic (exact) mass is 319 g/mol. The molecule has 2 aromatic heterocycles. The van der Waals surface area contributed by atoms with Gasteiger partial charge < -0.3 is 10.3 Å². The van der Waals surface area contributed by atoms with Gasteiger partial charge in [-0.25, -0.2) is 0 Å². The van der Waals surface area contributed by atoms with E-state index in [1.807, 2.05) is 49.8 Å². The zero-order chi connectivity index (χ0) is 15.0.